The van der Waals surface area contributed by atoms with Crippen molar-refractivity contribution in [2.45, 2.75) is 39.2 Å². The lowest BCUT2D eigenvalue weighted by Gasteiger charge is -2.26. The number of ether oxygens (including phenoxy) is 1. The molecule has 1 unspecified atom stereocenters. The number of hydrogen-bond donors (Lipinski definition) is 0. The normalized spacial score (nSPS) is 15.2. The number of esters is 1. The molecular formula is C30H26FNO5. The highest BCUT2D eigenvalue weighted by Gasteiger charge is 2.43. The van der Waals surface area contributed by atoms with Gasteiger partial charge in [0.1, 0.15) is 11.4 Å². The number of nitrogens with zero attached hydrogens (tertiary/aromatic N) is 1. The number of fused-ring (bicyclic) bond motifs is 2. The van der Waals surface area contributed by atoms with E-state index in [9.17, 15) is 18.8 Å². The van der Waals surface area contributed by atoms with Gasteiger partial charge in [-0.05, 0) is 65.9 Å². The second-order valence-electron chi connectivity index (χ2n) is 10.0. The van der Waals surface area contributed by atoms with Crippen molar-refractivity contribution in [3.63, 3.8) is 0 Å². The average Bonchev–Trinajstić information content (AvgIpc) is 3.16. The molecular weight excluding hydrogens is 473 g/mol. The molecule has 0 N–H and O–H groups in total. The molecule has 0 saturated carbocycles. The van der Waals surface area contributed by atoms with Crippen LogP contribution in [0.15, 0.2) is 75.9 Å². The monoisotopic (exact) mass is 499 g/mol. The van der Waals surface area contributed by atoms with Crippen LogP contribution in [0.4, 0.5) is 10.1 Å². The molecule has 37 heavy (non-hydrogen) atoms. The molecule has 3 aromatic carbocycles. The third kappa shape index (κ3) is 4.20. The van der Waals surface area contributed by atoms with Crippen molar-refractivity contribution in [2.75, 3.05) is 11.5 Å². The van der Waals surface area contributed by atoms with Crippen molar-refractivity contribution >= 4 is 28.5 Å². The quantitative estimate of drug-likeness (QED) is 0.315. The predicted octanol–water partition coefficient (Wildman–Crippen LogP) is 6.16. The summed E-state index contributed by atoms with van der Waals surface area (Å²) in [6.07, 6.45) is 0. The fourth-order valence-electron chi connectivity index (χ4n) is 4.66. The van der Waals surface area contributed by atoms with E-state index in [1.807, 2.05) is 24.3 Å². The maximum Gasteiger partial charge on any atom is 0.338 e. The van der Waals surface area contributed by atoms with E-state index < -0.39 is 29.2 Å². The van der Waals surface area contributed by atoms with Crippen molar-refractivity contribution in [3.05, 3.63) is 111 Å². The summed E-state index contributed by atoms with van der Waals surface area (Å²) in [6, 6.07) is 17.0. The van der Waals surface area contributed by atoms with Gasteiger partial charge in [0.25, 0.3) is 5.91 Å². The van der Waals surface area contributed by atoms with Crippen LogP contribution in [-0.4, -0.2) is 18.5 Å². The molecule has 1 atom stereocenters. The van der Waals surface area contributed by atoms with Crippen LogP contribution < -0.4 is 10.3 Å². The summed E-state index contributed by atoms with van der Waals surface area (Å²) >= 11 is 0. The summed E-state index contributed by atoms with van der Waals surface area (Å²) in [6.45, 7) is 8.27. The molecule has 4 aromatic rings. The first-order valence-electron chi connectivity index (χ1n) is 12.1. The van der Waals surface area contributed by atoms with Gasteiger partial charge in [-0.2, -0.15) is 0 Å². The summed E-state index contributed by atoms with van der Waals surface area (Å²) in [5.74, 6) is -1.61. The van der Waals surface area contributed by atoms with Crippen molar-refractivity contribution < 1.29 is 23.1 Å². The number of carbonyl (C=O) groups excluding carboxylic acids is 2. The molecule has 0 radical (unpaired) electrons. The Morgan fingerprint density at radius 1 is 1.00 bits per heavy atom. The van der Waals surface area contributed by atoms with Gasteiger partial charge in [-0.3, -0.25) is 14.5 Å². The minimum absolute atomic E-state index is 0.0716. The van der Waals surface area contributed by atoms with Crippen molar-refractivity contribution in [3.8, 4) is 0 Å². The molecule has 0 fully saturated rings. The van der Waals surface area contributed by atoms with Gasteiger partial charge in [-0.25, -0.2) is 9.18 Å². The van der Waals surface area contributed by atoms with Gasteiger partial charge < -0.3 is 9.15 Å². The van der Waals surface area contributed by atoms with Crippen LogP contribution in [0.2, 0.25) is 0 Å². The van der Waals surface area contributed by atoms with Crippen LogP contribution in [0, 0.1) is 5.82 Å². The molecule has 0 aliphatic carbocycles. The molecule has 0 bridgehead atoms. The highest BCUT2D eigenvalue weighted by molar-refractivity contribution is 6.10. The maximum absolute atomic E-state index is 14.0. The molecule has 5 rings (SSSR count). The summed E-state index contributed by atoms with van der Waals surface area (Å²) < 4.78 is 25.0. The van der Waals surface area contributed by atoms with E-state index in [4.69, 9.17) is 9.15 Å². The van der Waals surface area contributed by atoms with Crippen LogP contribution in [0.1, 0.15) is 71.3 Å². The van der Waals surface area contributed by atoms with Gasteiger partial charge in [0.2, 0.25) is 5.76 Å². The molecule has 1 amide bonds. The Hall–Kier alpha value is -4.26. The third-order valence-corrected chi connectivity index (χ3v) is 6.58. The highest BCUT2D eigenvalue weighted by atomic mass is 19.1. The number of benzene rings is 3. The number of rotatable bonds is 4. The number of carbonyl (C=O) groups is 2. The molecule has 7 heteroatoms. The summed E-state index contributed by atoms with van der Waals surface area (Å²) in [5, 5.41) is 0.0716. The molecule has 0 saturated heterocycles. The minimum Gasteiger partial charge on any atom is -0.462 e. The second-order valence-corrected chi connectivity index (χ2v) is 10.0. The lowest BCUT2D eigenvalue weighted by Crippen LogP contribution is -2.29. The van der Waals surface area contributed by atoms with E-state index >= 15 is 0 Å². The lowest BCUT2D eigenvalue weighted by molar-refractivity contribution is 0.0526. The summed E-state index contributed by atoms with van der Waals surface area (Å²) in [4.78, 5) is 41.0. The SMILES string of the molecule is CCOC(=O)c1ccc(N2C(=O)c3oc4ccc(F)cc4c(=O)c3C2c2ccc(C(C)(C)C)cc2)cc1. The Morgan fingerprint density at radius 3 is 2.30 bits per heavy atom. The Bertz CT molecular complexity index is 1580. The van der Waals surface area contributed by atoms with Gasteiger partial charge in [0, 0.05) is 5.69 Å². The smallest absolute Gasteiger partial charge is 0.338 e. The number of hydrogen-bond acceptors (Lipinski definition) is 5. The first kappa shape index (κ1) is 24.4. The Labute approximate surface area is 213 Å². The van der Waals surface area contributed by atoms with E-state index in [1.54, 1.807) is 31.2 Å². The van der Waals surface area contributed by atoms with Crippen molar-refractivity contribution in [1.29, 1.82) is 0 Å². The standard InChI is InChI=1S/C30H26FNO5/c1-5-36-29(35)18-8-13-21(14-9-18)32-25(17-6-10-19(11-7-17)30(2,3)4)24-26(33)22-16-20(31)12-15-23(22)37-27(24)28(32)34/h6-16,25H,5H2,1-4H3. The maximum atomic E-state index is 14.0. The Morgan fingerprint density at radius 2 is 1.68 bits per heavy atom. The molecule has 2 heterocycles. The minimum atomic E-state index is -0.797. The van der Waals surface area contributed by atoms with Crippen LogP contribution >= 0.6 is 0 Å². The van der Waals surface area contributed by atoms with E-state index in [0.717, 1.165) is 11.6 Å². The Kier molecular flexibility index (Phi) is 5.94. The number of halogens is 1. The lowest BCUT2D eigenvalue weighted by atomic mass is 9.86. The fraction of sp³-hybridized carbons (Fsp3) is 0.233. The zero-order valence-corrected chi connectivity index (χ0v) is 21.0. The fourth-order valence-corrected chi connectivity index (χ4v) is 4.66. The first-order chi connectivity index (χ1) is 17.6. The third-order valence-electron chi connectivity index (χ3n) is 6.58. The molecule has 0 spiro atoms. The van der Waals surface area contributed by atoms with Gasteiger partial charge in [0.05, 0.1) is 29.2 Å². The second kappa shape index (κ2) is 9.00. The van der Waals surface area contributed by atoms with Crippen molar-refractivity contribution in [2.24, 2.45) is 0 Å². The zero-order chi connectivity index (χ0) is 26.5. The molecule has 1 aromatic heterocycles. The largest absolute Gasteiger partial charge is 0.462 e. The zero-order valence-electron chi connectivity index (χ0n) is 21.0. The van der Waals surface area contributed by atoms with Crippen LogP contribution in [0.25, 0.3) is 11.0 Å². The Balaban J connectivity index is 1.70. The number of anilines is 1. The molecule has 188 valence electrons. The van der Waals surface area contributed by atoms with Crippen LogP contribution in [0.5, 0.6) is 0 Å². The topological polar surface area (TPSA) is 76.8 Å². The first-order valence-corrected chi connectivity index (χ1v) is 12.1. The van der Waals surface area contributed by atoms with Crippen LogP contribution in [0.3, 0.4) is 0 Å². The molecule has 1 aliphatic rings. The van der Waals surface area contributed by atoms with Gasteiger partial charge >= 0.3 is 5.97 Å². The number of amides is 1. The summed E-state index contributed by atoms with van der Waals surface area (Å²) in [7, 11) is 0. The molecule has 6 nitrogen and oxygen atoms in total. The predicted molar refractivity (Wildman–Crippen MR) is 139 cm³/mol. The summed E-state index contributed by atoms with van der Waals surface area (Å²) in [5.41, 5.74) is 2.37. The highest BCUT2D eigenvalue weighted by Crippen LogP contribution is 2.41. The van der Waals surface area contributed by atoms with Gasteiger partial charge in [0.15, 0.2) is 5.43 Å². The van der Waals surface area contributed by atoms with Crippen molar-refractivity contribution in [1.82, 2.24) is 0 Å². The van der Waals surface area contributed by atoms with E-state index in [-0.39, 0.29) is 34.3 Å². The van der Waals surface area contributed by atoms with Gasteiger partial charge in [-0.1, -0.05) is 45.0 Å². The molecule has 1 aliphatic heterocycles. The van der Waals surface area contributed by atoms with Crippen LogP contribution in [-0.2, 0) is 10.2 Å². The van der Waals surface area contributed by atoms with E-state index in [2.05, 4.69) is 20.8 Å². The average molecular weight is 500 g/mol. The van der Waals surface area contributed by atoms with E-state index in [0.29, 0.717) is 16.8 Å². The van der Waals surface area contributed by atoms with E-state index in [1.165, 1.54) is 17.0 Å². The van der Waals surface area contributed by atoms with Gasteiger partial charge in [-0.15, -0.1) is 0 Å².